The molecule has 3 N–H and O–H groups in total. The number of carbonyl (C=O) groups is 1. The van der Waals surface area contributed by atoms with E-state index in [1.165, 1.54) is 0 Å². The molecule has 0 saturated carbocycles. The molecule has 1 aromatic rings. The number of likely N-dealkylation sites (tertiary alicyclic amines) is 1. The molecule has 2 heterocycles. The Morgan fingerprint density at radius 2 is 2.00 bits per heavy atom. The molecule has 0 spiro atoms. The first-order chi connectivity index (χ1) is 12.3. The molecule has 6 heteroatoms. The van der Waals surface area contributed by atoms with E-state index in [1.807, 2.05) is 25.1 Å². The highest BCUT2D eigenvalue weighted by Gasteiger charge is 2.40. The van der Waals surface area contributed by atoms with Crippen molar-refractivity contribution in [3.05, 3.63) is 24.3 Å². The van der Waals surface area contributed by atoms with E-state index in [9.17, 15) is 9.90 Å². The molecule has 2 aliphatic rings. The van der Waals surface area contributed by atoms with Gasteiger partial charge in [-0.1, -0.05) is 6.07 Å². The van der Waals surface area contributed by atoms with Crippen molar-refractivity contribution in [2.45, 2.75) is 38.2 Å². The van der Waals surface area contributed by atoms with Crippen LogP contribution < -0.4 is 15.4 Å². The lowest BCUT2D eigenvalue weighted by Gasteiger charge is -2.45. The van der Waals surface area contributed by atoms with Gasteiger partial charge in [-0.25, -0.2) is 0 Å². The SMILES string of the molecule is COc1cccc(N2CCC(O)(CN3CCC[C@](C)(C(N)=O)C3)CC2)c1. The zero-order valence-electron chi connectivity index (χ0n) is 15.9. The smallest absolute Gasteiger partial charge is 0.224 e. The molecule has 6 nitrogen and oxygen atoms in total. The normalized spacial score (nSPS) is 26.5. The van der Waals surface area contributed by atoms with E-state index < -0.39 is 11.0 Å². The van der Waals surface area contributed by atoms with Crippen LogP contribution in [0.25, 0.3) is 0 Å². The van der Waals surface area contributed by atoms with Crippen molar-refractivity contribution in [1.82, 2.24) is 4.90 Å². The van der Waals surface area contributed by atoms with Crippen LogP contribution in [0.15, 0.2) is 24.3 Å². The highest BCUT2D eigenvalue weighted by Crippen LogP contribution is 2.33. The third kappa shape index (κ3) is 4.13. The van der Waals surface area contributed by atoms with Crippen molar-refractivity contribution in [2.24, 2.45) is 11.1 Å². The molecular weight excluding hydrogens is 330 g/mol. The molecule has 1 aromatic carbocycles. The Morgan fingerprint density at radius 3 is 2.65 bits per heavy atom. The summed E-state index contributed by atoms with van der Waals surface area (Å²) in [5.74, 6) is 0.615. The van der Waals surface area contributed by atoms with Crippen LogP contribution in [0.5, 0.6) is 5.75 Å². The molecule has 0 bridgehead atoms. The molecular formula is C20H31N3O3. The Labute approximate surface area is 155 Å². The Morgan fingerprint density at radius 1 is 1.27 bits per heavy atom. The number of anilines is 1. The average Bonchev–Trinajstić information content (AvgIpc) is 2.62. The predicted octanol–water partition coefficient (Wildman–Crippen LogP) is 1.61. The van der Waals surface area contributed by atoms with Gasteiger partial charge in [0.25, 0.3) is 0 Å². The van der Waals surface area contributed by atoms with E-state index in [4.69, 9.17) is 10.5 Å². The second-order valence-electron chi connectivity index (χ2n) is 8.15. The molecule has 1 atom stereocenters. The van der Waals surface area contributed by atoms with Crippen LogP contribution in [0, 0.1) is 5.41 Å². The van der Waals surface area contributed by atoms with E-state index in [0.29, 0.717) is 25.9 Å². The summed E-state index contributed by atoms with van der Waals surface area (Å²) in [6.07, 6.45) is 3.22. The number of hydrogen-bond donors (Lipinski definition) is 2. The van der Waals surface area contributed by atoms with Crippen molar-refractivity contribution < 1.29 is 14.6 Å². The summed E-state index contributed by atoms with van der Waals surface area (Å²) >= 11 is 0. The number of nitrogens with zero attached hydrogens (tertiary/aromatic N) is 2. The summed E-state index contributed by atoms with van der Waals surface area (Å²) in [5, 5.41) is 11.1. The fourth-order valence-corrected chi connectivity index (χ4v) is 4.24. The number of β-amino-alcohol motifs (C(OH)–C–C–N with tert-alkyl or cyclic N) is 1. The highest BCUT2D eigenvalue weighted by atomic mass is 16.5. The van der Waals surface area contributed by atoms with E-state index in [2.05, 4.69) is 15.9 Å². The average molecular weight is 361 g/mol. The Bertz CT molecular complexity index is 643. The number of rotatable bonds is 5. The predicted molar refractivity (Wildman–Crippen MR) is 102 cm³/mol. The lowest BCUT2D eigenvalue weighted by Crippen LogP contribution is -2.55. The number of hydrogen-bond acceptors (Lipinski definition) is 5. The summed E-state index contributed by atoms with van der Waals surface area (Å²) in [6, 6.07) is 8.05. The number of ether oxygens (including phenoxy) is 1. The van der Waals surface area contributed by atoms with Crippen molar-refractivity contribution in [3.63, 3.8) is 0 Å². The molecule has 0 aromatic heterocycles. The van der Waals surface area contributed by atoms with Gasteiger partial charge >= 0.3 is 0 Å². The third-order valence-electron chi connectivity index (χ3n) is 6.00. The third-order valence-corrected chi connectivity index (χ3v) is 6.00. The van der Waals surface area contributed by atoms with E-state index >= 15 is 0 Å². The highest BCUT2D eigenvalue weighted by molar-refractivity contribution is 5.80. The van der Waals surface area contributed by atoms with Crippen LogP contribution in [0.1, 0.15) is 32.6 Å². The lowest BCUT2D eigenvalue weighted by atomic mass is 9.80. The molecule has 3 rings (SSSR count). The summed E-state index contributed by atoms with van der Waals surface area (Å²) in [5.41, 5.74) is 5.54. The van der Waals surface area contributed by atoms with Gasteiger partial charge in [0.05, 0.1) is 18.1 Å². The zero-order chi connectivity index (χ0) is 18.8. The second-order valence-corrected chi connectivity index (χ2v) is 8.15. The van der Waals surface area contributed by atoms with Gasteiger partial charge in [0.15, 0.2) is 0 Å². The molecule has 144 valence electrons. The maximum atomic E-state index is 11.8. The maximum Gasteiger partial charge on any atom is 0.224 e. The van der Waals surface area contributed by atoms with Gasteiger partial charge in [-0.15, -0.1) is 0 Å². The number of piperidine rings is 2. The number of nitrogens with two attached hydrogens (primary N) is 1. The molecule has 2 saturated heterocycles. The van der Waals surface area contributed by atoms with E-state index in [-0.39, 0.29) is 5.91 Å². The quantitative estimate of drug-likeness (QED) is 0.833. The summed E-state index contributed by atoms with van der Waals surface area (Å²) < 4.78 is 5.31. The zero-order valence-corrected chi connectivity index (χ0v) is 15.9. The monoisotopic (exact) mass is 361 g/mol. The molecule has 1 amide bonds. The molecule has 0 aliphatic carbocycles. The van der Waals surface area contributed by atoms with Gasteiger partial charge in [-0.3, -0.25) is 9.69 Å². The minimum atomic E-state index is -0.703. The van der Waals surface area contributed by atoms with Gasteiger partial charge in [0.1, 0.15) is 5.75 Å². The molecule has 0 unspecified atom stereocenters. The number of benzene rings is 1. The first kappa shape index (κ1) is 19.0. The largest absolute Gasteiger partial charge is 0.497 e. The molecule has 2 aliphatic heterocycles. The van der Waals surface area contributed by atoms with Crippen molar-refractivity contribution in [3.8, 4) is 5.75 Å². The van der Waals surface area contributed by atoms with Crippen LogP contribution in [0.2, 0.25) is 0 Å². The van der Waals surface area contributed by atoms with Crippen molar-refractivity contribution in [1.29, 1.82) is 0 Å². The number of methoxy groups -OCH3 is 1. The van der Waals surface area contributed by atoms with Crippen molar-refractivity contribution in [2.75, 3.05) is 44.7 Å². The van der Waals surface area contributed by atoms with Crippen LogP contribution in [-0.4, -0.2) is 61.3 Å². The number of carbonyl (C=O) groups excluding carboxylic acids is 1. The first-order valence-electron chi connectivity index (χ1n) is 9.47. The summed E-state index contributed by atoms with van der Waals surface area (Å²) in [6.45, 7) is 5.74. The topological polar surface area (TPSA) is 79.0 Å². The van der Waals surface area contributed by atoms with Gasteiger partial charge in [-0.2, -0.15) is 0 Å². The molecule has 0 radical (unpaired) electrons. The van der Waals surface area contributed by atoms with Gasteiger partial charge in [0, 0.05) is 37.9 Å². The summed E-state index contributed by atoms with van der Waals surface area (Å²) in [4.78, 5) is 16.3. The second kappa shape index (κ2) is 7.45. The van der Waals surface area contributed by atoms with Crippen molar-refractivity contribution >= 4 is 11.6 Å². The summed E-state index contributed by atoms with van der Waals surface area (Å²) in [7, 11) is 1.67. The minimum Gasteiger partial charge on any atom is -0.497 e. The Kier molecular flexibility index (Phi) is 5.44. The van der Waals surface area contributed by atoms with E-state index in [1.54, 1.807) is 7.11 Å². The van der Waals surface area contributed by atoms with Crippen LogP contribution >= 0.6 is 0 Å². The molecule has 2 fully saturated rings. The van der Waals surface area contributed by atoms with Crippen LogP contribution in [-0.2, 0) is 4.79 Å². The van der Waals surface area contributed by atoms with Crippen LogP contribution in [0.3, 0.4) is 0 Å². The Hall–Kier alpha value is -1.79. The van der Waals surface area contributed by atoms with E-state index in [0.717, 1.165) is 43.9 Å². The number of aliphatic hydroxyl groups is 1. The van der Waals surface area contributed by atoms with Crippen LogP contribution in [0.4, 0.5) is 5.69 Å². The van der Waals surface area contributed by atoms with Gasteiger partial charge in [-0.05, 0) is 51.3 Å². The first-order valence-corrected chi connectivity index (χ1v) is 9.47. The fourth-order valence-electron chi connectivity index (χ4n) is 4.24. The standard InChI is InChI=1S/C20H31N3O3/c1-19(18(21)24)7-4-10-22(14-19)15-20(25)8-11-23(12-9-20)16-5-3-6-17(13-16)26-2/h3,5-6,13,25H,4,7-12,14-15H2,1-2H3,(H2,21,24)/t19-/m0/s1. The minimum absolute atomic E-state index is 0.234. The maximum absolute atomic E-state index is 11.8. The van der Waals surface area contributed by atoms with Gasteiger partial charge in [0.2, 0.25) is 5.91 Å². The van der Waals surface area contributed by atoms with Gasteiger partial charge < -0.3 is 20.5 Å². The molecule has 26 heavy (non-hydrogen) atoms. The number of amides is 1. The Balaban J connectivity index is 1.58. The fraction of sp³-hybridized carbons (Fsp3) is 0.650. The lowest BCUT2D eigenvalue weighted by molar-refractivity contribution is -0.131. The number of primary amides is 1.